The molecule has 3 rings (SSSR count). The number of ether oxygens (including phenoxy) is 2. The first-order chi connectivity index (χ1) is 10.0. The Morgan fingerprint density at radius 2 is 2.10 bits per heavy atom. The molecule has 21 heavy (non-hydrogen) atoms. The third-order valence-corrected chi connectivity index (χ3v) is 3.46. The van der Waals surface area contributed by atoms with Crippen molar-refractivity contribution in [2.45, 2.75) is 33.0 Å². The van der Waals surface area contributed by atoms with Crippen LogP contribution in [0.2, 0.25) is 0 Å². The smallest absolute Gasteiger partial charge is 0.277 e. The number of oxazole rings is 1. The van der Waals surface area contributed by atoms with Crippen molar-refractivity contribution in [1.29, 1.82) is 0 Å². The van der Waals surface area contributed by atoms with E-state index in [2.05, 4.69) is 10.3 Å². The van der Waals surface area contributed by atoms with Gasteiger partial charge in [-0.2, -0.15) is 0 Å². The molecule has 1 aliphatic heterocycles. The number of carbonyl (C=O) groups excluding carboxylic acids is 1. The van der Waals surface area contributed by atoms with Gasteiger partial charge in [-0.3, -0.25) is 4.79 Å². The lowest BCUT2D eigenvalue weighted by atomic mass is 10.2. The van der Waals surface area contributed by atoms with Gasteiger partial charge in [0.05, 0.1) is 0 Å². The highest BCUT2D eigenvalue weighted by Crippen LogP contribution is 2.42. The lowest BCUT2D eigenvalue weighted by Gasteiger charge is -2.20. The van der Waals surface area contributed by atoms with Crippen molar-refractivity contribution in [3.8, 4) is 11.5 Å². The van der Waals surface area contributed by atoms with E-state index in [0.717, 1.165) is 6.42 Å². The Labute approximate surface area is 122 Å². The van der Waals surface area contributed by atoms with Gasteiger partial charge in [0.1, 0.15) is 5.76 Å². The average Bonchev–Trinajstić information content (AvgIpc) is 3.01. The van der Waals surface area contributed by atoms with Crippen molar-refractivity contribution in [3.63, 3.8) is 0 Å². The third kappa shape index (κ3) is 2.44. The number of fused-ring (bicyclic) bond motifs is 1. The maximum Gasteiger partial charge on any atom is 0.277 e. The number of benzene rings is 1. The van der Waals surface area contributed by atoms with E-state index in [9.17, 15) is 4.79 Å². The predicted molar refractivity (Wildman–Crippen MR) is 75.6 cm³/mol. The molecule has 1 aromatic heterocycles. The number of nitrogens with one attached hydrogen (secondary N) is 1. The highest BCUT2D eigenvalue weighted by Gasteiger charge is 2.35. The minimum absolute atomic E-state index is 0.270. The zero-order chi connectivity index (χ0) is 15.0. The van der Waals surface area contributed by atoms with Gasteiger partial charge in [0, 0.05) is 25.1 Å². The summed E-state index contributed by atoms with van der Waals surface area (Å²) in [7, 11) is 0. The maximum absolute atomic E-state index is 12.1. The molecule has 2 aromatic rings. The number of aryl methyl sites for hydroxylation is 1. The lowest BCUT2D eigenvalue weighted by Crippen LogP contribution is -2.33. The topological polar surface area (TPSA) is 73.6 Å². The molecule has 0 bridgehead atoms. The molecule has 0 radical (unpaired) electrons. The molecule has 0 unspecified atom stereocenters. The zero-order valence-corrected chi connectivity index (χ0v) is 12.1. The summed E-state index contributed by atoms with van der Waals surface area (Å²) in [5, 5.41) is 2.76. The van der Waals surface area contributed by atoms with Crippen LogP contribution in [-0.2, 0) is 0 Å². The standard InChI is InChI=1S/C15H16N2O4/c1-4-15(3)20-11-6-5-10(7-12(11)21-15)17-14(18)13-9(2)19-8-16-13/h5-8H,4H2,1-3H3,(H,17,18)/t15-/m0/s1. The Morgan fingerprint density at radius 3 is 2.76 bits per heavy atom. The van der Waals surface area contributed by atoms with Crippen molar-refractivity contribution >= 4 is 11.6 Å². The molecule has 0 saturated carbocycles. The highest BCUT2D eigenvalue weighted by molar-refractivity contribution is 6.03. The van der Waals surface area contributed by atoms with Crippen molar-refractivity contribution in [2.75, 3.05) is 5.32 Å². The molecule has 0 fully saturated rings. The van der Waals surface area contributed by atoms with Crippen LogP contribution in [0.4, 0.5) is 5.69 Å². The molecule has 0 aliphatic carbocycles. The van der Waals surface area contributed by atoms with Crippen LogP contribution >= 0.6 is 0 Å². The summed E-state index contributed by atoms with van der Waals surface area (Å²) >= 11 is 0. The molecule has 1 N–H and O–H groups in total. The third-order valence-electron chi connectivity index (χ3n) is 3.46. The first-order valence-corrected chi connectivity index (χ1v) is 6.74. The molecule has 1 atom stereocenters. The fourth-order valence-electron chi connectivity index (χ4n) is 2.09. The van der Waals surface area contributed by atoms with E-state index in [1.807, 2.05) is 13.8 Å². The molecule has 0 spiro atoms. The zero-order valence-electron chi connectivity index (χ0n) is 12.1. The maximum atomic E-state index is 12.1. The van der Waals surface area contributed by atoms with E-state index >= 15 is 0 Å². The summed E-state index contributed by atoms with van der Waals surface area (Å²) in [5.41, 5.74) is 0.885. The lowest BCUT2D eigenvalue weighted by molar-refractivity contribution is -0.0640. The minimum atomic E-state index is -0.645. The van der Waals surface area contributed by atoms with Crippen LogP contribution in [-0.4, -0.2) is 16.7 Å². The fourth-order valence-corrected chi connectivity index (χ4v) is 2.09. The van der Waals surface area contributed by atoms with Gasteiger partial charge in [0.25, 0.3) is 5.91 Å². The van der Waals surface area contributed by atoms with E-state index in [1.165, 1.54) is 6.39 Å². The summed E-state index contributed by atoms with van der Waals surface area (Å²) in [5.74, 6) is 0.808. The molecule has 1 amide bonds. The number of anilines is 1. The number of nitrogens with zero attached hydrogens (tertiary/aromatic N) is 1. The molecular formula is C15H16N2O4. The highest BCUT2D eigenvalue weighted by atomic mass is 16.7. The number of amides is 1. The largest absolute Gasteiger partial charge is 0.449 e. The van der Waals surface area contributed by atoms with Gasteiger partial charge in [-0.15, -0.1) is 0 Å². The van der Waals surface area contributed by atoms with E-state index in [-0.39, 0.29) is 11.6 Å². The molecule has 1 aromatic carbocycles. The Balaban J connectivity index is 1.79. The molecular weight excluding hydrogens is 272 g/mol. The normalized spacial score (nSPS) is 19.6. The van der Waals surface area contributed by atoms with Gasteiger partial charge in [-0.25, -0.2) is 4.98 Å². The SMILES string of the molecule is CC[C@@]1(C)Oc2ccc(NC(=O)c3ncoc3C)cc2O1. The number of rotatable bonds is 3. The molecule has 6 heteroatoms. The summed E-state index contributed by atoms with van der Waals surface area (Å²) in [6.45, 7) is 5.56. The second-order valence-corrected chi connectivity index (χ2v) is 5.06. The average molecular weight is 288 g/mol. The molecule has 110 valence electrons. The van der Waals surface area contributed by atoms with E-state index < -0.39 is 5.79 Å². The molecule has 6 nitrogen and oxygen atoms in total. The Hall–Kier alpha value is -2.50. The first kappa shape index (κ1) is 13.5. The van der Waals surface area contributed by atoms with Gasteiger partial charge in [0.15, 0.2) is 23.6 Å². The monoisotopic (exact) mass is 288 g/mol. The number of hydrogen-bond donors (Lipinski definition) is 1. The van der Waals surface area contributed by atoms with E-state index in [1.54, 1.807) is 25.1 Å². The van der Waals surface area contributed by atoms with E-state index in [4.69, 9.17) is 13.9 Å². The summed E-state index contributed by atoms with van der Waals surface area (Å²) < 4.78 is 16.5. The molecule has 0 saturated heterocycles. The first-order valence-electron chi connectivity index (χ1n) is 6.74. The number of aromatic nitrogens is 1. The second-order valence-electron chi connectivity index (χ2n) is 5.06. The van der Waals surface area contributed by atoms with Gasteiger partial charge in [0.2, 0.25) is 5.79 Å². The van der Waals surface area contributed by atoms with Crippen LogP contribution in [0.5, 0.6) is 11.5 Å². The van der Waals surface area contributed by atoms with E-state index in [0.29, 0.717) is 22.9 Å². The Bertz CT molecular complexity index is 695. The Morgan fingerprint density at radius 1 is 1.33 bits per heavy atom. The predicted octanol–water partition coefficient (Wildman–Crippen LogP) is 3.13. The van der Waals surface area contributed by atoms with Crippen LogP contribution in [0.1, 0.15) is 36.5 Å². The van der Waals surface area contributed by atoms with Gasteiger partial charge in [-0.1, -0.05) is 6.92 Å². The number of hydrogen-bond acceptors (Lipinski definition) is 5. The van der Waals surface area contributed by atoms with Gasteiger partial charge >= 0.3 is 0 Å². The van der Waals surface area contributed by atoms with Gasteiger partial charge < -0.3 is 19.2 Å². The van der Waals surface area contributed by atoms with Gasteiger partial charge in [-0.05, 0) is 19.1 Å². The van der Waals surface area contributed by atoms with Crippen LogP contribution in [0, 0.1) is 6.92 Å². The summed E-state index contributed by atoms with van der Waals surface area (Å²) in [6.07, 6.45) is 1.97. The molecule has 2 heterocycles. The van der Waals surface area contributed by atoms with Crippen molar-refractivity contribution in [2.24, 2.45) is 0 Å². The molecule has 1 aliphatic rings. The van der Waals surface area contributed by atoms with Crippen LogP contribution in [0.25, 0.3) is 0 Å². The second kappa shape index (κ2) is 4.80. The fraction of sp³-hybridized carbons (Fsp3) is 0.333. The quantitative estimate of drug-likeness (QED) is 0.939. The number of carbonyl (C=O) groups is 1. The van der Waals surface area contributed by atoms with Crippen molar-refractivity contribution in [1.82, 2.24) is 4.98 Å². The van der Waals surface area contributed by atoms with Crippen LogP contribution < -0.4 is 14.8 Å². The van der Waals surface area contributed by atoms with Crippen molar-refractivity contribution < 1.29 is 18.7 Å². The summed E-state index contributed by atoms with van der Waals surface area (Å²) in [6, 6.07) is 5.28. The Kier molecular flexibility index (Phi) is 3.08. The van der Waals surface area contributed by atoms with Crippen molar-refractivity contribution in [3.05, 3.63) is 36.0 Å². The minimum Gasteiger partial charge on any atom is -0.449 e. The van der Waals surface area contributed by atoms with Crippen LogP contribution in [0.3, 0.4) is 0 Å². The van der Waals surface area contributed by atoms with Crippen LogP contribution in [0.15, 0.2) is 29.0 Å². The summed E-state index contributed by atoms with van der Waals surface area (Å²) in [4.78, 5) is 16.0.